The van der Waals surface area contributed by atoms with Gasteiger partial charge in [-0.3, -0.25) is 4.90 Å². The molecule has 0 saturated carbocycles. The first kappa shape index (κ1) is 13.9. The van der Waals surface area contributed by atoms with Gasteiger partial charge in [-0.25, -0.2) is 0 Å². The summed E-state index contributed by atoms with van der Waals surface area (Å²) in [7, 11) is 1.78. The zero-order valence-corrected chi connectivity index (χ0v) is 11.4. The lowest BCUT2D eigenvalue weighted by atomic mass is 9.95. The minimum atomic E-state index is 0.384. The van der Waals surface area contributed by atoms with Crippen LogP contribution in [-0.4, -0.2) is 50.8 Å². The van der Waals surface area contributed by atoms with E-state index in [2.05, 4.69) is 31.0 Å². The summed E-state index contributed by atoms with van der Waals surface area (Å²) in [6, 6.07) is 0.671. The molecule has 1 heterocycles. The molecule has 1 rings (SSSR count). The molecule has 3 heteroatoms. The maximum absolute atomic E-state index is 5.13. The summed E-state index contributed by atoms with van der Waals surface area (Å²) in [5.41, 5.74) is 0.384. The van der Waals surface area contributed by atoms with Gasteiger partial charge in [0.2, 0.25) is 0 Å². The number of methoxy groups -OCH3 is 1. The van der Waals surface area contributed by atoms with Crippen molar-refractivity contribution in [2.45, 2.75) is 39.7 Å². The van der Waals surface area contributed by atoms with Crippen LogP contribution < -0.4 is 5.32 Å². The molecule has 0 bridgehead atoms. The molecule has 16 heavy (non-hydrogen) atoms. The number of rotatable bonds is 5. The van der Waals surface area contributed by atoms with Crippen molar-refractivity contribution in [2.24, 2.45) is 5.41 Å². The normalized spacial score (nSPS) is 23.6. The van der Waals surface area contributed by atoms with Crippen LogP contribution in [0.4, 0.5) is 0 Å². The molecule has 0 spiro atoms. The number of likely N-dealkylation sites (tertiary alicyclic amines) is 1. The molecule has 3 nitrogen and oxygen atoms in total. The second-order valence-electron chi connectivity index (χ2n) is 6.07. The summed E-state index contributed by atoms with van der Waals surface area (Å²) >= 11 is 0. The lowest BCUT2D eigenvalue weighted by Crippen LogP contribution is -2.48. The molecule has 0 amide bonds. The molecule has 1 N–H and O–H groups in total. The van der Waals surface area contributed by atoms with Crippen molar-refractivity contribution >= 4 is 0 Å². The van der Waals surface area contributed by atoms with E-state index in [-0.39, 0.29) is 0 Å². The third-order valence-corrected chi connectivity index (χ3v) is 3.04. The van der Waals surface area contributed by atoms with Crippen molar-refractivity contribution in [1.82, 2.24) is 10.2 Å². The van der Waals surface area contributed by atoms with Gasteiger partial charge < -0.3 is 10.1 Å². The van der Waals surface area contributed by atoms with Gasteiger partial charge in [0, 0.05) is 32.8 Å². The second kappa shape index (κ2) is 6.58. The van der Waals surface area contributed by atoms with Gasteiger partial charge in [-0.1, -0.05) is 20.8 Å². The summed E-state index contributed by atoms with van der Waals surface area (Å²) in [6.07, 6.45) is 2.63. The number of hydrogen-bond donors (Lipinski definition) is 1. The highest BCUT2D eigenvalue weighted by Gasteiger charge is 2.20. The average Bonchev–Trinajstić information content (AvgIpc) is 2.23. The highest BCUT2D eigenvalue weighted by Crippen LogP contribution is 2.14. The monoisotopic (exact) mass is 228 g/mol. The van der Waals surface area contributed by atoms with Gasteiger partial charge in [-0.15, -0.1) is 0 Å². The molecule has 0 aromatic carbocycles. The van der Waals surface area contributed by atoms with Gasteiger partial charge in [-0.2, -0.15) is 0 Å². The third kappa shape index (κ3) is 5.83. The van der Waals surface area contributed by atoms with Crippen molar-refractivity contribution in [1.29, 1.82) is 0 Å². The molecule has 1 unspecified atom stereocenters. The van der Waals surface area contributed by atoms with E-state index in [0.717, 1.165) is 19.7 Å². The molecule has 1 atom stereocenters. The van der Waals surface area contributed by atoms with Crippen molar-refractivity contribution in [3.8, 4) is 0 Å². The molecular formula is C13H28N2O. The van der Waals surface area contributed by atoms with Crippen LogP contribution in [0.15, 0.2) is 0 Å². The van der Waals surface area contributed by atoms with E-state index in [1.165, 1.54) is 25.9 Å². The first-order valence-electron chi connectivity index (χ1n) is 6.46. The van der Waals surface area contributed by atoms with Crippen LogP contribution >= 0.6 is 0 Å². The summed E-state index contributed by atoms with van der Waals surface area (Å²) in [5, 5.41) is 3.69. The maximum Gasteiger partial charge on any atom is 0.0589 e. The molecular weight excluding hydrogens is 200 g/mol. The minimum Gasteiger partial charge on any atom is -0.383 e. The molecule has 1 aliphatic heterocycles. The van der Waals surface area contributed by atoms with E-state index in [9.17, 15) is 0 Å². The van der Waals surface area contributed by atoms with Crippen LogP contribution in [0.3, 0.4) is 0 Å². The Bertz CT molecular complexity index is 189. The Kier molecular flexibility index (Phi) is 5.73. The lowest BCUT2D eigenvalue weighted by molar-refractivity contribution is 0.120. The van der Waals surface area contributed by atoms with Crippen LogP contribution in [0.2, 0.25) is 0 Å². The number of ether oxygens (including phenoxy) is 1. The topological polar surface area (TPSA) is 24.5 Å². The van der Waals surface area contributed by atoms with E-state index in [4.69, 9.17) is 4.74 Å². The number of nitrogens with one attached hydrogen (secondary N) is 1. The molecule has 0 aromatic rings. The van der Waals surface area contributed by atoms with Crippen LogP contribution in [0, 0.1) is 5.41 Å². The highest BCUT2D eigenvalue weighted by atomic mass is 16.5. The Hall–Kier alpha value is -0.120. The van der Waals surface area contributed by atoms with Gasteiger partial charge in [0.25, 0.3) is 0 Å². The largest absolute Gasteiger partial charge is 0.383 e. The molecule has 96 valence electrons. The van der Waals surface area contributed by atoms with E-state index in [1.54, 1.807) is 7.11 Å². The van der Waals surface area contributed by atoms with Gasteiger partial charge in [0.1, 0.15) is 0 Å². The molecule has 0 radical (unpaired) electrons. The first-order valence-corrected chi connectivity index (χ1v) is 6.46. The number of hydrogen-bond acceptors (Lipinski definition) is 3. The number of nitrogens with zero attached hydrogens (tertiary/aromatic N) is 1. The lowest BCUT2D eigenvalue weighted by Gasteiger charge is -2.34. The Balaban J connectivity index is 2.22. The maximum atomic E-state index is 5.13. The summed E-state index contributed by atoms with van der Waals surface area (Å²) in [5.74, 6) is 0. The fourth-order valence-corrected chi connectivity index (χ4v) is 2.10. The van der Waals surface area contributed by atoms with E-state index >= 15 is 0 Å². The van der Waals surface area contributed by atoms with Crippen LogP contribution in [0.25, 0.3) is 0 Å². The van der Waals surface area contributed by atoms with Gasteiger partial charge in [0.05, 0.1) is 6.61 Å². The molecule has 0 aromatic heterocycles. The second-order valence-corrected chi connectivity index (χ2v) is 6.07. The SMILES string of the molecule is COCCN1CCCC(NCC(C)(C)C)C1. The molecule has 0 aliphatic carbocycles. The van der Waals surface area contributed by atoms with E-state index in [1.807, 2.05) is 0 Å². The standard InChI is InChI=1S/C13H28N2O/c1-13(2,3)11-14-12-6-5-7-15(10-12)8-9-16-4/h12,14H,5-11H2,1-4H3. The quantitative estimate of drug-likeness (QED) is 0.775. The summed E-state index contributed by atoms with van der Waals surface area (Å²) < 4.78 is 5.13. The van der Waals surface area contributed by atoms with Crippen molar-refractivity contribution in [3.05, 3.63) is 0 Å². The Morgan fingerprint density at radius 2 is 2.12 bits per heavy atom. The number of piperidine rings is 1. The molecule has 1 aliphatic rings. The first-order chi connectivity index (χ1) is 7.51. The van der Waals surface area contributed by atoms with Crippen molar-refractivity contribution in [2.75, 3.05) is 39.9 Å². The Morgan fingerprint density at radius 3 is 2.75 bits per heavy atom. The zero-order chi connectivity index (χ0) is 12.0. The van der Waals surface area contributed by atoms with Gasteiger partial charge >= 0.3 is 0 Å². The predicted molar refractivity (Wildman–Crippen MR) is 68.8 cm³/mol. The minimum absolute atomic E-state index is 0.384. The Labute approximate surface area is 101 Å². The molecule has 1 saturated heterocycles. The van der Waals surface area contributed by atoms with Crippen LogP contribution in [0.1, 0.15) is 33.6 Å². The summed E-state index contributed by atoms with van der Waals surface area (Å²) in [4.78, 5) is 2.51. The fraction of sp³-hybridized carbons (Fsp3) is 1.00. The fourth-order valence-electron chi connectivity index (χ4n) is 2.10. The van der Waals surface area contributed by atoms with Crippen LogP contribution in [-0.2, 0) is 4.74 Å². The van der Waals surface area contributed by atoms with E-state index < -0.39 is 0 Å². The van der Waals surface area contributed by atoms with E-state index in [0.29, 0.717) is 11.5 Å². The predicted octanol–water partition coefficient (Wildman–Crippen LogP) is 1.73. The highest BCUT2D eigenvalue weighted by molar-refractivity contribution is 4.79. The smallest absolute Gasteiger partial charge is 0.0589 e. The van der Waals surface area contributed by atoms with Crippen molar-refractivity contribution < 1.29 is 4.74 Å². The molecule has 1 fully saturated rings. The van der Waals surface area contributed by atoms with Gasteiger partial charge in [-0.05, 0) is 24.8 Å². The summed E-state index contributed by atoms with van der Waals surface area (Å²) in [6.45, 7) is 12.3. The Morgan fingerprint density at radius 1 is 1.38 bits per heavy atom. The van der Waals surface area contributed by atoms with Crippen molar-refractivity contribution in [3.63, 3.8) is 0 Å². The average molecular weight is 228 g/mol. The van der Waals surface area contributed by atoms with Crippen LogP contribution in [0.5, 0.6) is 0 Å². The van der Waals surface area contributed by atoms with Gasteiger partial charge in [0.15, 0.2) is 0 Å². The third-order valence-electron chi connectivity index (χ3n) is 3.04. The zero-order valence-electron chi connectivity index (χ0n) is 11.4.